The van der Waals surface area contributed by atoms with Crippen LogP contribution in [-0.2, 0) is 28.6 Å². The Labute approximate surface area is 439 Å². The lowest BCUT2D eigenvalue weighted by molar-refractivity contribution is -0.167. The third-order valence-electron chi connectivity index (χ3n) is 12.9. The van der Waals surface area contributed by atoms with Crippen molar-refractivity contribution < 1.29 is 28.6 Å². The van der Waals surface area contributed by atoms with Gasteiger partial charge < -0.3 is 14.2 Å². The Morgan fingerprint density at radius 2 is 0.549 bits per heavy atom. The summed E-state index contributed by atoms with van der Waals surface area (Å²) in [7, 11) is 0. The van der Waals surface area contributed by atoms with Crippen LogP contribution in [0.15, 0.2) is 85.1 Å². The van der Waals surface area contributed by atoms with Crippen molar-refractivity contribution >= 4 is 17.9 Å². The predicted octanol–water partition coefficient (Wildman–Crippen LogP) is 20.3. The molecule has 0 fully saturated rings. The molecule has 1 unspecified atom stereocenters. The number of rotatable bonds is 54. The number of carbonyl (C=O) groups is 3. The molecule has 0 saturated heterocycles. The summed E-state index contributed by atoms with van der Waals surface area (Å²) in [5.74, 6) is -0.903. The van der Waals surface area contributed by atoms with Gasteiger partial charge >= 0.3 is 17.9 Å². The van der Waals surface area contributed by atoms with Crippen LogP contribution in [0.2, 0.25) is 0 Å². The monoisotopic (exact) mass is 989 g/mol. The molecule has 0 saturated carbocycles. The van der Waals surface area contributed by atoms with Gasteiger partial charge in [0.25, 0.3) is 0 Å². The van der Waals surface area contributed by atoms with Gasteiger partial charge in [-0.1, -0.05) is 260 Å². The smallest absolute Gasteiger partial charge is 0.306 e. The minimum absolute atomic E-state index is 0.0849. The fraction of sp³-hybridized carbons (Fsp3) is 0.738. The van der Waals surface area contributed by atoms with Crippen LogP contribution in [0, 0.1) is 0 Å². The Morgan fingerprint density at radius 3 is 0.859 bits per heavy atom. The topological polar surface area (TPSA) is 78.9 Å². The van der Waals surface area contributed by atoms with Crippen molar-refractivity contribution in [1.29, 1.82) is 0 Å². The second-order valence-electron chi connectivity index (χ2n) is 19.9. The molecule has 0 aromatic rings. The summed E-state index contributed by atoms with van der Waals surface area (Å²) >= 11 is 0. The third kappa shape index (κ3) is 57.4. The molecule has 408 valence electrons. The molecule has 0 N–H and O–H groups in total. The second-order valence-corrected chi connectivity index (χ2v) is 19.9. The predicted molar refractivity (Wildman–Crippen MR) is 307 cm³/mol. The zero-order valence-corrected chi connectivity index (χ0v) is 46.7. The van der Waals surface area contributed by atoms with E-state index in [1.165, 1.54) is 135 Å². The van der Waals surface area contributed by atoms with Gasteiger partial charge in [-0.3, -0.25) is 14.4 Å². The lowest BCUT2D eigenvalue weighted by Gasteiger charge is -2.18. The number of esters is 3. The molecule has 1 atom stereocenters. The van der Waals surface area contributed by atoms with E-state index >= 15 is 0 Å². The van der Waals surface area contributed by atoms with Crippen molar-refractivity contribution in [2.45, 2.75) is 297 Å². The first-order chi connectivity index (χ1) is 35.0. The summed E-state index contributed by atoms with van der Waals surface area (Å²) in [5.41, 5.74) is 0. The van der Waals surface area contributed by atoms with Crippen LogP contribution >= 0.6 is 0 Å². The first-order valence-electron chi connectivity index (χ1n) is 30.1. The Kier molecular flexibility index (Phi) is 56.3. The molecule has 0 amide bonds. The number of allylic oxidation sites excluding steroid dienone is 14. The van der Waals surface area contributed by atoms with Crippen molar-refractivity contribution in [1.82, 2.24) is 0 Å². The summed E-state index contributed by atoms with van der Waals surface area (Å²) in [6.07, 6.45) is 77.1. The molecule has 6 heteroatoms. The normalized spacial score (nSPS) is 12.7. The number of unbranched alkanes of at least 4 members (excludes halogenated alkanes) is 29. The van der Waals surface area contributed by atoms with Crippen molar-refractivity contribution in [2.24, 2.45) is 0 Å². The molecule has 0 spiro atoms. The van der Waals surface area contributed by atoms with E-state index in [0.29, 0.717) is 19.3 Å². The number of ether oxygens (including phenoxy) is 3. The lowest BCUT2D eigenvalue weighted by Crippen LogP contribution is -2.30. The molecule has 0 aliphatic carbocycles. The number of hydrogen-bond acceptors (Lipinski definition) is 6. The zero-order valence-electron chi connectivity index (χ0n) is 46.7. The molecule has 0 aliphatic heterocycles. The summed E-state index contributed by atoms with van der Waals surface area (Å²) < 4.78 is 16.9. The summed E-state index contributed by atoms with van der Waals surface area (Å²) in [6.45, 7) is 6.51. The molecule has 6 nitrogen and oxygen atoms in total. The summed E-state index contributed by atoms with van der Waals surface area (Å²) in [4.78, 5) is 38.2. The minimum atomic E-state index is -0.789. The van der Waals surface area contributed by atoms with Crippen molar-refractivity contribution in [2.75, 3.05) is 13.2 Å². The van der Waals surface area contributed by atoms with Crippen LogP contribution in [0.5, 0.6) is 0 Å². The fourth-order valence-corrected chi connectivity index (χ4v) is 8.38. The average Bonchev–Trinajstić information content (AvgIpc) is 3.37. The average molecular weight is 990 g/mol. The van der Waals surface area contributed by atoms with E-state index in [-0.39, 0.29) is 31.1 Å². The van der Waals surface area contributed by atoms with Crippen molar-refractivity contribution in [3.63, 3.8) is 0 Å². The van der Waals surface area contributed by atoms with Gasteiger partial charge in [-0.2, -0.15) is 0 Å². The van der Waals surface area contributed by atoms with Crippen molar-refractivity contribution in [3.05, 3.63) is 85.1 Å². The highest BCUT2D eigenvalue weighted by molar-refractivity contribution is 5.71. The molecule has 71 heavy (non-hydrogen) atoms. The van der Waals surface area contributed by atoms with Gasteiger partial charge in [0.2, 0.25) is 0 Å². The largest absolute Gasteiger partial charge is 0.462 e. The number of hydrogen-bond donors (Lipinski definition) is 0. The van der Waals surface area contributed by atoms with Gasteiger partial charge in [-0.25, -0.2) is 0 Å². The molecular formula is C65H112O6. The molecule has 0 heterocycles. The van der Waals surface area contributed by atoms with Crippen LogP contribution in [0.25, 0.3) is 0 Å². The van der Waals surface area contributed by atoms with E-state index in [9.17, 15) is 14.4 Å². The molecule has 0 radical (unpaired) electrons. The second kappa shape index (κ2) is 59.2. The van der Waals surface area contributed by atoms with Gasteiger partial charge in [0.15, 0.2) is 6.10 Å². The van der Waals surface area contributed by atoms with Crippen molar-refractivity contribution in [3.8, 4) is 0 Å². The third-order valence-corrected chi connectivity index (χ3v) is 12.9. The summed E-state index contributed by atoms with van der Waals surface area (Å²) in [5, 5.41) is 0. The van der Waals surface area contributed by atoms with Crippen LogP contribution < -0.4 is 0 Å². The zero-order chi connectivity index (χ0) is 51.4. The maximum Gasteiger partial charge on any atom is 0.306 e. The molecule has 0 aromatic carbocycles. The van der Waals surface area contributed by atoms with E-state index in [1.54, 1.807) is 0 Å². The molecule has 0 rings (SSSR count). The quantitative estimate of drug-likeness (QED) is 0.0261. The maximum absolute atomic E-state index is 12.9. The minimum Gasteiger partial charge on any atom is -0.462 e. The highest BCUT2D eigenvalue weighted by atomic mass is 16.6. The van der Waals surface area contributed by atoms with Crippen LogP contribution in [0.3, 0.4) is 0 Å². The van der Waals surface area contributed by atoms with E-state index in [2.05, 4.69) is 106 Å². The highest BCUT2D eigenvalue weighted by Gasteiger charge is 2.19. The van der Waals surface area contributed by atoms with Gasteiger partial charge in [0, 0.05) is 19.3 Å². The standard InChI is InChI=1S/C65H112O6/c1-4-7-10-13-16-19-22-25-27-29-31-32-34-35-37-40-43-46-49-52-55-58-64(67)70-61-62(60-69-63(66)57-54-51-48-45-42-39-24-21-18-15-12-9-6-3)71-65(68)59-56-53-50-47-44-41-38-36-33-30-28-26-23-20-17-14-11-8-5-2/h8,11,17,20,22,25-26,28-29,31,33-36,62H,4-7,9-10,12-16,18-19,21,23-24,27,30,32,37-61H2,1-3H3/b11-8-,20-17-,25-22-,28-26-,31-29-,35-34-,36-33-. The van der Waals surface area contributed by atoms with Gasteiger partial charge in [0.1, 0.15) is 13.2 Å². The lowest BCUT2D eigenvalue weighted by atomic mass is 10.0. The van der Waals surface area contributed by atoms with Crippen LogP contribution in [0.4, 0.5) is 0 Å². The van der Waals surface area contributed by atoms with Crippen LogP contribution in [-0.4, -0.2) is 37.2 Å². The number of carbonyl (C=O) groups excluding carboxylic acids is 3. The summed E-state index contributed by atoms with van der Waals surface area (Å²) in [6, 6.07) is 0. The highest BCUT2D eigenvalue weighted by Crippen LogP contribution is 2.15. The SMILES string of the molecule is CC/C=C\C/C=C\C/C=C\C/C=C\CCCCCCCCC(=O)OC(COC(=O)CCCCCCCC/C=C\C/C=C\C/C=C\CCCCCCC)COC(=O)CCCCCCCCCCCCCCC. The maximum atomic E-state index is 12.9. The molecule has 0 aromatic heterocycles. The molecule has 0 aliphatic rings. The Bertz CT molecular complexity index is 1370. The van der Waals surface area contributed by atoms with E-state index in [1.807, 2.05) is 0 Å². The van der Waals surface area contributed by atoms with E-state index in [4.69, 9.17) is 14.2 Å². The Morgan fingerprint density at radius 1 is 0.296 bits per heavy atom. The van der Waals surface area contributed by atoms with E-state index in [0.717, 1.165) is 116 Å². The van der Waals surface area contributed by atoms with E-state index < -0.39 is 6.10 Å². The van der Waals surface area contributed by atoms with Gasteiger partial charge in [-0.15, -0.1) is 0 Å². The Hall–Kier alpha value is -3.41. The fourth-order valence-electron chi connectivity index (χ4n) is 8.38. The van der Waals surface area contributed by atoms with Gasteiger partial charge in [0.05, 0.1) is 0 Å². The molecular weight excluding hydrogens is 877 g/mol. The van der Waals surface area contributed by atoms with Crippen LogP contribution in [0.1, 0.15) is 290 Å². The first kappa shape index (κ1) is 67.6. The first-order valence-corrected chi connectivity index (χ1v) is 30.1. The molecule has 0 bridgehead atoms. The van der Waals surface area contributed by atoms with Gasteiger partial charge in [-0.05, 0) is 96.3 Å². The Balaban J connectivity index is 4.41.